The fourth-order valence-electron chi connectivity index (χ4n) is 2.55. The first kappa shape index (κ1) is 22.2. The van der Waals surface area contributed by atoms with Crippen LogP contribution in [0.1, 0.15) is 16.1 Å². The van der Waals surface area contributed by atoms with E-state index in [4.69, 9.17) is 21.1 Å². The van der Waals surface area contributed by atoms with Crippen molar-refractivity contribution in [2.75, 3.05) is 25.1 Å². The number of halogens is 3. The van der Waals surface area contributed by atoms with Gasteiger partial charge >= 0.3 is 5.97 Å². The van der Waals surface area contributed by atoms with Crippen LogP contribution in [0.25, 0.3) is 0 Å². The first-order valence-corrected chi connectivity index (χ1v) is 9.48. The van der Waals surface area contributed by atoms with Crippen molar-refractivity contribution in [3.8, 4) is 11.5 Å². The zero-order valence-electron chi connectivity index (χ0n) is 16.4. The number of carbonyl (C=O) groups is 1. The zero-order valence-corrected chi connectivity index (χ0v) is 17.1. The minimum atomic E-state index is -1.21. The normalized spacial score (nSPS) is 10.6. The van der Waals surface area contributed by atoms with Gasteiger partial charge in [0.15, 0.2) is 11.6 Å². The van der Waals surface area contributed by atoms with Crippen LogP contribution in [0.4, 0.5) is 14.7 Å². The van der Waals surface area contributed by atoms with Gasteiger partial charge in [-0.3, -0.25) is 0 Å². The molecule has 31 heavy (non-hydrogen) atoms. The molecule has 0 amide bonds. The molecule has 7 nitrogen and oxygen atoms in total. The second-order valence-electron chi connectivity index (χ2n) is 6.40. The molecule has 10 heteroatoms. The molecule has 3 aromatic rings. The number of hydrogen-bond acceptors (Lipinski definition) is 6. The average Bonchev–Trinajstić information content (AvgIpc) is 2.75. The molecule has 0 fully saturated rings. The van der Waals surface area contributed by atoms with Crippen molar-refractivity contribution in [1.82, 2.24) is 9.97 Å². The summed E-state index contributed by atoms with van der Waals surface area (Å²) in [6.07, 6.45) is 1.18. The van der Waals surface area contributed by atoms with Crippen molar-refractivity contribution in [1.29, 1.82) is 0 Å². The van der Waals surface area contributed by atoms with Crippen LogP contribution < -0.4 is 14.4 Å². The van der Waals surface area contributed by atoms with E-state index in [0.717, 1.165) is 6.07 Å². The summed E-state index contributed by atoms with van der Waals surface area (Å²) >= 11 is 5.73. The first-order valence-electron chi connectivity index (χ1n) is 9.10. The summed E-state index contributed by atoms with van der Waals surface area (Å²) in [5, 5.41) is 9.27. The molecule has 0 aliphatic heterocycles. The highest BCUT2D eigenvalue weighted by molar-refractivity contribution is 6.30. The number of anilines is 1. The summed E-state index contributed by atoms with van der Waals surface area (Å²) in [4.78, 5) is 21.5. The predicted molar refractivity (Wildman–Crippen MR) is 110 cm³/mol. The summed E-state index contributed by atoms with van der Waals surface area (Å²) in [5.74, 6) is -1.65. The largest absolute Gasteiger partial charge is 0.489 e. The lowest BCUT2D eigenvalue weighted by Crippen LogP contribution is -2.26. The number of benzene rings is 2. The molecule has 2 aromatic carbocycles. The van der Waals surface area contributed by atoms with E-state index in [2.05, 4.69) is 9.97 Å². The van der Waals surface area contributed by atoms with Gasteiger partial charge in [0.1, 0.15) is 30.3 Å². The lowest BCUT2D eigenvalue weighted by Gasteiger charge is -2.18. The molecule has 0 aliphatic carbocycles. The van der Waals surface area contributed by atoms with E-state index in [-0.39, 0.29) is 46.9 Å². The second-order valence-corrected chi connectivity index (χ2v) is 6.81. The topological polar surface area (TPSA) is 84.8 Å². The Hall–Kier alpha value is -3.46. The van der Waals surface area contributed by atoms with E-state index in [9.17, 15) is 18.7 Å². The molecule has 0 radical (unpaired) electrons. The number of carboxylic acid groups (broad SMARTS) is 1. The van der Waals surface area contributed by atoms with Gasteiger partial charge in [0.2, 0.25) is 5.95 Å². The number of carboxylic acids is 1. The van der Waals surface area contributed by atoms with Gasteiger partial charge in [-0.2, -0.15) is 0 Å². The first-order chi connectivity index (χ1) is 14.8. The standard InChI is InChI=1S/C21H18ClF2N3O4/c1-27(8-9-30-19-5-3-2-4-17(19)24)21-25-11-14(20(28)29)18(26-21)12-31-13-6-7-16(23)15(22)10-13/h2-7,10-11H,8-9,12H2,1H3,(H,28,29). The third-order valence-electron chi connectivity index (χ3n) is 4.21. The Bertz CT molecular complexity index is 1080. The highest BCUT2D eigenvalue weighted by atomic mass is 35.5. The Morgan fingerprint density at radius 1 is 1.16 bits per heavy atom. The maximum atomic E-state index is 13.6. The van der Waals surface area contributed by atoms with Gasteiger partial charge < -0.3 is 19.5 Å². The van der Waals surface area contributed by atoms with Crippen molar-refractivity contribution in [3.05, 3.63) is 76.6 Å². The van der Waals surface area contributed by atoms with Gasteiger partial charge in [0, 0.05) is 19.3 Å². The third-order valence-corrected chi connectivity index (χ3v) is 4.50. The lowest BCUT2D eigenvalue weighted by molar-refractivity contribution is 0.0692. The summed E-state index contributed by atoms with van der Waals surface area (Å²) in [6, 6.07) is 9.84. The lowest BCUT2D eigenvalue weighted by atomic mass is 10.2. The van der Waals surface area contributed by atoms with E-state index in [1.54, 1.807) is 24.1 Å². The molecular formula is C21H18ClF2N3O4. The highest BCUT2D eigenvalue weighted by Gasteiger charge is 2.16. The fraction of sp³-hybridized carbons (Fsp3) is 0.190. The quantitative estimate of drug-likeness (QED) is 0.524. The molecular weight excluding hydrogens is 432 g/mol. The minimum absolute atomic E-state index is 0.117. The SMILES string of the molecule is CN(CCOc1ccccc1F)c1ncc(C(=O)O)c(COc2ccc(F)c(Cl)c2)n1. The third kappa shape index (κ3) is 5.79. The van der Waals surface area contributed by atoms with Crippen LogP contribution in [-0.4, -0.2) is 41.2 Å². The number of ether oxygens (including phenoxy) is 2. The van der Waals surface area contributed by atoms with Crippen molar-refractivity contribution >= 4 is 23.5 Å². The number of rotatable bonds is 9. The smallest absolute Gasteiger partial charge is 0.339 e. The Morgan fingerprint density at radius 3 is 2.65 bits per heavy atom. The van der Waals surface area contributed by atoms with E-state index < -0.39 is 17.6 Å². The molecule has 0 saturated carbocycles. The number of hydrogen-bond donors (Lipinski definition) is 1. The van der Waals surface area contributed by atoms with Crippen LogP contribution in [0.5, 0.6) is 11.5 Å². The van der Waals surface area contributed by atoms with Gasteiger partial charge in [-0.25, -0.2) is 23.5 Å². The summed E-state index contributed by atoms with van der Waals surface area (Å²) in [7, 11) is 1.69. The molecule has 0 bridgehead atoms. The monoisotopic (exact) mass is 449 g/mol. The van der Waals surface area contributed by atoms with Crippen molar-refractivity contribution < 1.29 is 28.2 Å². The van der Waals surface area contributed by atoms with Crippen LogP contribution in [0.2, 0.25) is 5.02 Å². The fourth-order valence-corrected chi connectivity index (χ4v) is 2.72. The van der Waals surface area contributed by atoms with Gasteiger partial charge in [-0.05, 0) is 24.3 Å². The number of aromatic nitrogens is 2. The molecule has 0 unspecified atom stereocenters. The minimum Gasteiger partial charge on any atom is -0.489 e. The molecule has 0 saturated heterocycles. The van der Waals surface area contributed by atoms with Crippen LogP contribution in [-0.2, 0) is 6.61 Å². The molecule has 0 spiro atoms. The number of para-hydroxylation sites is 1. The summed E-state index contributed by atoms with van der Waals surface area (Å²) in [6.45, 7) is 0.273. The van der Waals surface area contributed by atoms with E-state index in [0.29, 0.717) is 6.54 Å². The number of aromatic carboxylic acids is 1. The molecule has 0 aliphatic rings. The number of nitrogens with zero attached hydrogens (tertiary/aromatic N) is 3. The molecule has 1 aromatic heterocycles. The Labute approximate surface area is 181 Å². The van der Waals surface area contributed by atoms with Gasteiger partial charge in [-0.1, -0.05) is 23.7 Å². The van der Waals surface area contributed by atoms with E-state index in [1.807, 2.05) is 0 Å². The van der Waals surface area contributed by atoms with Crippen molar-refractivity contribution in [2.24, 2.45) is 0 Å². The Balaban J connectivity index is 1.68. The van der Waals surface area contributed by atoms with Gasteiger partial charge in [-0.15, -0.1) is 0 Å². The van der Waals surface area contributed by atoms with Crippen LogP contribution in [0.15, 0.2) is 48.7 Å². The highest BCUT2D eigenvalue weighted by Crippen LogP contribution is 2.22. The Morgan fingerprint density at radius 2 is 1.94 bits per heavy atom. The van der Waals surface area contributed by atoms with Gasteiger partial charge in [0.25, 0.3) is 0 Å². The molecule has 3 rings (SSSR count). The van der Waals surface area contributed by atoms with Gasteiger partial charge in [0.05, 0.1) is 17.3 Å². The van der Waals surface area contributed by atoms with Crippen LogP contribution >= 0.6 is 11.6 Å². The predicted octanol–water partition coefficient (Wildman–Crippen LogP) is 4.20. The van der Waals surface area contributed by atoms with Crippen LogP contribution in [0, 0.1) is 11.6 Å². The molecule has 1 N–H and O–H groups in total. The average molecular weight is 450 g/mol. The second kappa shape index (κ2) is 10.0. The summed E-state index contributed by atoms with van der Waals surface area (Å²) in [5.41, 5.74) is -0.00668. The van der Waals surface area contributed by atoms with Crippen molar-refractivity contribution in [2.45, 2.75) is 6.61 Å². The summed E-state index contributed by atoms with van der Waals surface area (Å²) < 4.78 is 37.8. The zero-order chi connectivity index (χ0) is 22.4. The Kier molecular flexibility index (Phi) is 7.19. The molecule has 0 atom stereocenters. The maximum absolute atomic E-state index is 13.6. The molecule has 1 heterocycles. The molecule has 162 valence electrons. The van der Waals surface area contributed by atoms with E-state index >= 15 is 0 Å². The van der Waals surface area contributed by atoms with Crippen LogP contribution in [0.3, 0.4) is 0 Å². The van der Waals surface area contributed by atoms with E-state index in [1.165, 1.54) is 30.5 Å². The van der Waals surface area contributed by atoms with Crippen molar-refractivity contribution in [3.63, 3.8) is 0 Å². The number of likely N-dealkylation sites (N-methyl/N-ethyl adjacent to an activating group) is 1. The maximum Gasteiger partial charge on any atom is 0.339 e.